The molecule has 150 valence electrons. The Hall–Kier alpha value is -1.16. The first-order valence-corrected chi connectivity index (χ1v) is 10.8. The fourth-order valence-electron chi connectivity index (χ4n) is 7.42. The number of allylic oxidation sites excluding steroid dienone is 1. The molecule has 0 aromatic rings. The fraction of sp³-hybridized carbons (Fsp3) is 0.826. The highest BCUT2D eigenvalue weighted by atomic mass is 16.5. The van der Waals surface area contributed by atoms with E-state index >= 15 is 0 Å². The van der Waals surface area contributed by atoms with Crippen molar-refractivity contribution in [2.75, 3.05) is 6.61 Å². The Balaban J connectivity index is 1.59. The van der Waals surface area contributed by atoms with Gasteiger partial charge in [-0.1, -0.05) is 26.3 Å². The molecule has 4 heteroatoms. The van der Waals surface area contributed by atoms with Crippen molar-refractivity contribution in [1.29, 1.82) is 0 Å². The first kappa shape index (κ1) is 19.2. The number of aliphatic hydroxyl groups is 1. The molecule has 0 bridgehead atoms. The van der Waals surface area contributed by atoms with Gasteiger partial charge in [0.1, 0.15) is 6.10 Å². The molecule has 0 aliphatic heterocycles. The Labute approximate surface area is 162 Å². The molecule has 4 nitrogen and oxygen atoms in total. The average molecular weight is 375 g/mol. The number of esters is 1. The molecule has 3 saturated carbocycles. The van der Waals surface area contributed by atoms with Gasteiger partial charge in [-0.05, 0) is 73.7 Å². The molecule has 0 amide bonds. The summed E-state index contributed by atoms with van der Waals surface area (Å²) in [4.78, 5) is 24.0. The van der Waals surface area contributed by atoms with Gasteiger partial charge in [0.25, 0.3) is 0 Å². The summed E-state index contributed by atoms with van der Waals surface area (Å²) in [5.41, 5.74) is 1.64. The highest BCUT2D eigenvalue weighted by Crippen LogP contribution is 2.66. The van der Waals surface area contributed by atoms with Gasteiger partial charge in [0.05, 0.1) is 13.0 Å². The fourth-order valence-corrected chi connectivity index (χ4v) is 7.42. The minimum atomic E-state index is -0.259. The number of hydrogen-bond acceptors (Lipinski definition) is 4. The molecule has 0 heterocycles. The van der Waals surface area contributed by atoms with Crippen LogP contribution >= 0.6 is 0 Å². The van der Waals surface area contributed by atoms with Crippen LogP contribution in [0, 0.1) is 34.5 Å². The van der Waals surface area contributed by atoms with Crippen molar-refractivity contribution in [3.63, 3.8) is 0 Å². The molecule has 0 spiro atoms. The maximum atomic E-state index is 12.1. The van der Waals surface area contributed by atoms with E-state index in [0.29, 0.717) is 35.9 Å². The normalized spacial score (nSPS) is 46.1. The van der Waals surface area contributed by atoms with Crippen LogP contribution in [0.1, 0.15) is 72.1 Å². The van der Waals surface area contributed by atoms with Crippen LogP contribution in [0.15, 0.2) is 11.6 Å². The summed E-state index contributed by atoms with van der Waals surface area (Å²) in [7, 11) is 0. The van der Waals surface area contributed by atoms with Gasteiger partial charge in [0.15, 0.2) is 5.78 Å². The van der Waals surface area contributed by atoms with Crippen LogP contribution in [0.3, 0.4) is 0 Å². The molecule has 1 N–H and O–H groups in total. The highest BCUT2D eigenvalue weighted by molar-refractivity contribution is 5.91. The third kappa shape index (κ3) is 2.90. The summed E-state index contributed by atoms with van der Waals surface area (Å²) < 4.78 is 5.91. The first-order valence-electron chi connectivity index (χ1n) is 10.8. The number of rotatable bonds is 3. The van der Waals surface area contributed by atoms with Crippen molar-refractivity contribution in [3.05, 3.63) is 11.6 Å². The first-order chi connectivity index (χ1) is 12.8. The highest BCUT2D eigenvalue weighted by Gasteiger charge is 2.61. The Morgan fingerprint density at radius 3 is 2.74 bits per heavy atom. The van der Waals surface area contributed by atoms with Gasteiger partial charge < -0.3 is 9.84 Å². The molecule has 0 radical (unpaired) electrons. The van der Waals surface area contributed by atoms with E-state index in [2.05, 4.69) is 20.8 Å². The summed E-state index contributed by atoms with van der Waals surface area (Å²) in [6.07, 6.45) is 9.35. The molecular formula is C23H34O4. The van der Waals surface area contributed by atoms with E-state index in [0.717, 1.165) is 25.7 Å². The lowest BCUT2D eigenvalue weighted by molar-refractivity contribution is -0.163. The summed E-state index contributed by atoms with van der Waals surface area (Å²) in [6.45, 7) is 6.83. The topological polar surface area (TPSA) is 63.6 Å². The van der Waals surface area contributed by atoms with Crippen LogP contribution in [0.25, 0.3) is 0 Å². The van der Waals surface area contributed by atoms with Crippen molar-refractivity contribution in [1.82, 2.24) is 0 Å². The predicted octanol–water partition coefficient (Wildman–Crippen LogP) is 4.06. The summed E-state index contributed by atoms with van der Waals surface area (Å²) >= 11 is 0. The molecule has 0 unspecified atom stereocenters. The van der Waals surface area contributed by atoms with Crippen molar-refractivity contribution in [2.24, 2.45) is 34.5 Å². The number of carbonyl (C=O) groups excluding carboxylic acids is 2. The van der Waals surface area contributed by atoms with E-state index in [1.54, 1.807) is 0 Å². The summed E-state index contributed by atoms with van der Waals surface area (Å²) in [6, 6.07) is 0. The lowest BCUT2D eigenvalue weighted by Gasteiger charge is -2.57. The Bertz CT molecular complexity index is 667. The largest absolute Gasteiger partial charge is 0.461 e. The van der Waals surface area contributed by atoms with Gasteiger partial charge >= 0.3 is 5.97 Å². The molecule has 4 rings (SSSR count). The number of ether oxygens (including phenoxy) is 1. The predicted molar refractivity (Wildman–Crippen MR) is 103 cm³/mol. The van der Waals surface area contributed by atoms with Crippen molar-refractivity contribution >= 4 is 11.8 Å². The molecule has 0 aromatic carbocycles. The summed E-state index contributed by atoms with van der Waals surface area (Å²) in [5, 5.41) is 9.05. The van der Waals surface area contributed by atoms with Gasteiger partial charge in [-0.15, -0.1) is 0 Å². The Kier molecular flexibility index (Phi) is 4.77. The molecule has 0 saturated heterocycles. The van der Waals surface area contributed by atoms with E-state index in [4.69, 9.17) is 9.84 Å². The number of ketones is 1. The standard InChI is InChI=1S/C23H34O4/c1-14-12-19-17-5-4-15-13-16(25)6-9-22(15,2)18(17)7-10-23(19,3)21(14)27-20(26)8-11-24/h13-14,17-19,21,24H,4-12H2,1-3H3/t14-,17-,18+,19+,21-,22+,23+/m1/s1. The van der Waals surface area contributed by atoms with Crippen molar-refractivity contribution in [3.8, 4) is 0 Å². The van der Waals surface area contributed by atoms with E-state index in [-0.39, 0.29) is 35.9 Å². The maximum absolute atomic E-state index is 12.1. The SMILES string of the molecule is C[C@@H]1C[C@H]2[C@@H]3CCC4=CC(=O)CC[C@]4(C)[C@H]3CC[C@]2(C)[C@@H]1OC(=O)CCO. The van der Waals surface area contributed by atoms with Crippen LogP contribution in [-0.4, -0.2) is 29.6 Å². The van der Waals surface area contributed by atoms with Crippen LogP contribution in [0.5, 0.6) is 0 Å². The molecule has 0 aromatic heterocycles. The molecular weight excluding hydrogens is 340 g/mol. The number of fused-ring (bicyclic) bond motifs is 5. The second kappa shape index (κ2) is 6.72. The van der Waals surface area contributed by atoms with Crippen LogP contribution in [0.4, 0.5) is 0 Å². The smallest absolute Gasteiger partial charge is 0.308 e. The quantitative estimate of drug-likeness (QED) is 0.757. The maximum Gasteiger partial charge on any atom is 0.308 e. The lowest BCUT2D eigenvalue weighted by atomic mass is 9.47. The number of carbonyl (C=O) groups is 2. The van der Waals surface area contributed by atoms with Gasteiger partial charge in [0.2, 0.25) is 0 Å². The molecule has 7 atom stereocenters. The Morgan fingerprint density at radius 1 is 1.22 bits per heavy atom. The minimum absolute atomic E-state index is 0.0276. The zero-order valence-electron chi connectivity index (χ0n) is 17.0. The van der Waals surface area contributed by atoms with E-state index in [1.165, 1.54) is 18.4 Å². The van der Waals surface area contributed by atoms with Gasteiger partial charge in [0, 0.05) is 11.8 Å². The zero-order chi connectivity index (χ0) is 19.4. The van der Waals surface area contributed by atoms with Crippen LogP contribution in [-0.2, 0) is 14.3 Å². The van der Waals surface area contributed by atoms with E-state index < -0.39 is 0 Å². The van der Waals surface area contributed by atoms with Crippen LogP contribution < -0.4 is 0 Å². The average Bonchev–Trinajstić information content (AvgIpc) is 2.87. The van der Waals surface area contributed by atoms with E-state index in [9.17, 15) is 9.59 Å². The lowest BCUT2D eigenvalue weighted by Crippen LogP contribution is -2.51. The second-order valence-corrected chi connectivity index (χ2v) is 10.1. The molecule has 4 aliphatic carbocycles. The third-order valence-corrected chi connectivity index (χ3v) is 8.77. The molecule has 27 heavy (non-hydrogen) atoms. The van der Waals surface area contributed by atoms with Gasteiger partial charge in [-0.3, -0.25) is 9.59 Å². The Morgan fingerprint density at radius 2 is 2.00 bits per heavy atom. The third-order valence-electron chi connectivity index (χ3n) is 8.77. The second-order valence-electron chi connectivity index (χ2n) is 10.1. The summed E-state index contributed by atoms with van der Waals surface area (Å²) in [5.74, 6) is 2.34. The van der Waals surface area contributed by atoms with Crippen LogP contribution in [0.2, 0.25) is 0 Å². The number of hydrogen-bond donors (Lipinski definition) is 1. The van der Waals surface area contributed by atoms with E-state index in [1.807, 2.05) is 6.08 Å². The van der Waals surface area contributed by atoms with Crippen molar-refractivity contribution in [2.45, 2.75) is 78.2 Å². The number of aliphatic hydroxyl groups excluding tert-OH is 1. The van der Waals surface area contributed by atoms with Gasteiger partial charge in [-0.2, -0.15) is 0 Å². The van der Waals surface area contributed by atoms with Crippen molar-refractivity contribution < 1.29 is 19.4 Å². The molecule has 3 fully saturated rings. The zero-order valence-corrected chi connectivity index (χ0v) is 17.0. The van der Waals surface area contributed by atoms with Gasteiger partial charge in [-0.25, -0.2) is 0 Å². The minimum Gasteiger partial charge on any atom is -0.461 e. The molecule has 4 aliphatic rings. The monoisotopic (exact) mass is 374 g/mol.